The van der Waals surface area contributed by atoms with Crippen LogP contribution in [0.4, 0.5) is 5.69 Å². The molecule has 7 nitrogen and oxygen atoms in total. The van der Waals surface area contributed by atoms with E-state index in [0.717, 1.165) is 15.8 Å². The molecule has 1 aromatic heterocycles. The van der Waals surface area contributed by atoms with Crippen LogP contribution in [0.3, 0.4) is 0 Å². The Bertz CT molecular complexity index is 968. The number of benzene rings is 2. The number of nitrogens with one attached hydrogen (secondary N) is 1. The Morgan fingerprint density at radius 1 is 1.19 bits per heavy atom. The van der Waals surface area contributed by atoms with E-state index in [1.54, 1.807) is 18.3 Å². The molecule has 0 spiro atoms. The van der Waals surface area contributed by atoms with E-state index in [-0.39, 0.29) is 17.3 Å². The summed E-state index contributed by atoms with van der Waals surface area (Å²) in [5, 5.41) is 15.5. The van der Waals surface area contributed by atoms with Crippen LogP contribution in [0.1, 0.15) is 5.56 Å². The summed E-state index contributed by atoms with van der Waals surface area (Å²) < 4.78 is 0. The Hall–Kier alpha value is -3.26. The smallest absolute Gasteiger partial charge is 0.269 e. The normalized spacial score (nSPS) is 10.9. The average Bonchev–Trinajstić information content (AvgIpc) is 2.66. The van der Waals surface area contributed by atoms with Gasteiger partial charge in [-0.3, -0.25) is 19.9 Å². The Morgan fingerprint density at radius 2 is 1.96 bits per heavy atom. The van der Waals surface area contributed by atoms with Gasteiger partial charge in [0.1, 0.15) is 0 Å². The monoisotopic (exact) mass is 366 g/mol. The molecule has 0 saturated heterocycles. The van der Waals surface area contributed by atoms with Crippen LogP contribution in [0.15, 0.2) is 70.8 Å². The number of pyridine rings is 1. The molecule has 3 aromatic rings. The molecular formula is C18H14N4O3S. The number of para-hydroxylation sites is 1. The van der Waals surface area contributed by atoms with Gasteiger partial charge in [-0.05, 0) is 29.8 Å². The minimum absolute atomic E-state index is 0.00582. The lowest BCUT2D eigenvalue weighted by Gasteiger charge is -2.04. The van der Waals surface area contributed by atoms with Crippen molar-refractivity contribution in [2.24, 2.45) is 5.10 Å². The minimum atomic E-state index is -0.470. The number of non-ortho nitro benzene ring substituents is 1. The van der Waals surface area contributed by atoms with Gasteiger partial charge >= 0.3 is 0 Å². The lowest BCUT2D eigenvalue weighted by Crippen LogP contribution is -2.19. The van der Waals surface area contributed by atoms with E-state index >= 15 is 0 Å². The molecule has 26 heavy (non-hydrogen) atoms. The molecule has 8 heteroatoms. The summed E-state index contributed by atoms with van der Waals surface area (Å²) in [6, 6.07) is 15.6. The van der Waals surface area contributed by atoms with Crippen molar-refractivity contribution >= 4 is 40.5 Å². The van der Waals surface area contributed by atoms with Gasteiger partial charge in [0, 0.05) is 28.6 Å². The first-order valence-corrected chi connectivity index (χ1v) is 8.65. The van der Waals surface area contributed by atoms with Gasteiger partial charge in [-0.25, -0.2) is 5.43 Å². The zero-order valence-electron chi connectivity index (χ0n) is 13.5. The van der Waals surface area contributed by atoms with Crippen LogP contribution >= 0.6 is 11.8 Å². The van der Waals surface area contributed by atoms with Crippen molar-refractivity contribution < 1.29 is 9.72 Å². The zero-order chi connectivity index (χ0) is 18.4. The molecule has 0 aliphatic carbocycles. The fourth-order valence-corrected chi connectivity index (χ4v) is 3.06. The van der Waals surface area contributed by atoms with Crippen LogP contribution in [0.2, 0.25) is 0 Å². The molecule has 0 radical (unpaired) electrons. The van der Waals surface area contributed by atoms with Crippen molar-refractivity contribution in [3.8, 4) is 0 Å². The molecule has 2 aromatic carbocycles. The standard InChI is InChI=1S/C18H14N4O3S/c23-17(21-20-11-13-6-8-15(9-7-13)22(24)25)12-26-16-5-1-3-14-4-2-10-19-18(14)16/h1-11H,12H2,(H,21,23)/b20-11-. The van der Waals surface area contributed by atoms with Crippen LogP contribution < -0.4 is 5.43 Å². The number of hydrogen-bond donors (Lipinski definition) is 1. The highest BCUT2D eigenvalue weighted by molar-refractivity contribution is 8.00. The summed E-state index contributed by atoms with van der Waals surface area (Å²) in [5.74, 6) is -0.0473. The maximum absolute atomic E-state index is 11.9. The van der Waals surface area contributed by atoms with E-state index in [0.29, 0.717) is 5.56 Å². The predicted molar refractivity (Wildman–Crippen MR) is 101 cm³/mol. The van der Waals surface area contributed by atoms with Crippen LogP contribution in [0, 0.1) is 10.1 Å². The Kier molecular flexibility index (Phi) is 5.55. The number of nitro benzene ring substituents is 1. The highest BCUT2D eigenvalue weighted by Crippen LogP contribution is 2.25. The molecular weight excluding hydrogens is 352 g/mol. The topological polar surface area (TPSA) is 97.5 Å². The SMILES string of the molecule is O=C(CSc1cccc2cccnc12)N/N=C\c1ccc([N+](=O)[O-])cc1. The molecule has 130 valence electrons. The maximum Gasteiger partial charge on any atom is 0.269 e. The number of amides is 1. The molecule has 1 N–H and O–H groups in total. The van der Waals surface area contributed by atoms with Crippen molar-refractivity contribution in [2.45, 2.75) is 4.90 Å². The van der Waals surface area contributed by atoms with E-state index in [2.05, 4.69) is 15.5 Å². The average molecular weight is 366 g/mol. The molecule has 0 aliphatic heterocycles. The van der Waals surface area contributed by atoms with Crippen molar-refractivity contribution in [3.63, 3.8) is 0 Å². The van der Waals surface area contributed by atoms with E-state index in [4.69, 9.17) is 0 Å². The summed E-state index contributed by atoms with van der Waals surface area (Å²) in [4.78, 5) is 27.3. The van der Waals surface area contributed by atoms with Crippen LogP contribution in [-0.4, -0.2) is 27.8 Å². The number of nitrogens with zero attached hydrogens (tertiary/aromatic N) is 3. The number of aromatic nitrogens is 1. The number of hydrazone groups is 1. The fraction of sp³-hybridized carbons (Fsp3) is 0.0556. The van der Waals surface area contributed by atoms with Crippen LogP contribution in [-0.2, 0) is 4.79 Å². The van der Waals surface area contributed by atoms with Crippen molar-refractivity contribution in [1.29, 1.82) is 0 Å². The van der Waals surface area contributed by atoms with E-state index < -0.39 is 4.92 Å². The second-order valence-electron chi connectivity index (χ2n) is 5.26. The van der Waals surface area contributed by atoms with Gasteiger partial charge in [0.15, 0.2) is 0 Å². The minimum Gasteiger partial charge on any atom is -0.272 e. The second kappa shape index (κ2) is 8.21. The lowest BCUT2D eigenvalue weighted by molar-refractivity contribution is -0.384. The molecule has 0 atom stereocenters. The number of fused-ring (bicyclic) bond motifs is 1. The first-order chi connectivity index (χ1) is 12.6. The van der Waals surface area contributed by atoms with E-state index in [1.807, 2.05) is 30.3 Å². The fourth-order valence-electron chi connectivity index (χ4n) is 2.23. The van der Waals surface area contributed by atoms with Gasteiger partial charge in [0.2, 0.25) is 5.91 Å². The molecule has 0 bridgehead atoms. The molecule has 0 saturated carbocycles. The van der Waals surface area contributed by atoms with Crippen LogP contribution in [0.5, 0.6) is 0 Å². The number of carbonyl (C=O) groups excluding carboxylic acids is 1. The Morgan fingerprint density at radius 3 is 2.73 bits per heavy atom. The third-order valence-electron chi connectivity index (χ3n) is 3.46. The summed E-state index contributed by atoms with van der Waals surface area (Å²) in [7, 11) is 0. The molecule has 0 fully saturated rings. The maximum atomic E-state index is 11.9. The Labute approximate surface area is 153 Å². The highest BCUT2D eigenvalue weighted by atomic mass is 32.2. The highest BCUT2D eigenvalue weighted by Gasteiger charge is 2.06. The van der Waals surface area contributed by atoms with Crippen molar-refractivity contribution in [1.82, 2.24) is 10.4 Å². The summed E-state index contributed by atoms with van der Waals surface area (Å²) in [6.07, 6.45) is 3.16. The summed E-state index contributed by atoms with van der Waals surface area (Å²) in [5.41, 5.74) is 3.97. The molecule has 0 aliphatic rings. The third kappa shape index (κ3) is 4.42. The molecule has 0 unspecified atom stereocenters. The van der Waals surface area contributed by atoms with Gasteiger partial charge in [-0.1, -0.05) is 18.2 Å². The first kappa shape index (κ1) is 17.6. The van der Waals surface area contributed by atoms with Gasteiger partial charge in [0.25, 0.3) is 5.69 Å². The predicted octanol–water partition coefficient (Wildman–Crippen LogP) is 3.39. The van der Waals surface area contributed by atoms with Gasteiger partial charge in [-0.2, -0.15) is 5.10 Å². The first-order valence-electron chi connectivity index (χ1n) is 7.66. The largest absolute Gasteiger partial charge is 0.272 e. The van der Waals surface area contributed by atoms with Crippen molar-refractivity contribution in [3.05, 3.63) is 76.5 Å². The van der Waals surface area contributed by atoms with E-state index in [9.17, 15) is 14.9 Å². The summed E-state index contributed by atoms with van der Waals surface area (Å²) >= 11 is 1.39. The molecule has 1 heterocycles. The van der Waals surface area contributed by atoms with Gasteiger partial charge < -0.3 is 0 Å². The third-order valence-corrected chi connectivity index (χ3v) is 4.51. The second-order valence-corrected chi connectivity index (χ2v) is 6.28. The number of thioether (sulfide) groups is 1. The molecule has 3 rings (SSSR count). The number of rotatable bonds is 6. The number of carbonyl (C=O) groups is 1. The quantitative estimate of drug-likeness (QED) is 0.312. The van der Waals surface area contributed by atoms with Crippen LogP contribution in [0.25, 0.3) is 10.9 Å². The number of nitro groups is 1. The summed E-state index contributed by atoms with van der Waals surface area (Å²) in [6.45, 7) is 0. The molecule has 1 amide bonds. The van der Waals surface area contributed by atoms with Crippen molar-refractivity contribution in [2.75, 3.05) is 5.75 Å². The van der Waals surface area contributed by atoms with Gasteiger partial charge in [0.05, 0.1) is 22.4 Å². The zero-order valence-corrected chi connectivity index (χ0v) is 14.3. The van der Waals surface area contributed by atoms with Gasteiger partial charge in [-0.15, -0.1) is 11.8 Å². The lowest BCUT2D eigenvalue weighted by atomic mass is 10.2. The van der Waals surface area contributed by atoms with E-state index in [1.165, 1.54) is 30.1 Å². The number of hydrogen-bond acceptors (Lipinski definition) is 6. The Balaban J connectivity index is 1.55.